The van der Waals surface area contributed by atoms with Gasteiger partial charge in [-0.3, -0.25) is 10.1 Å². The van der Waals surface area contributed by atoms with Gasteiger partial charge < -0.3 is 112 Å². The van der Waals surface area contributed by atoms with Crippen molar-refractivity contribution in [3.63, 3.8) is 0 Å². The molecule has 21 N–H and O–H groups in total. The largest absolute Gasteiger partial charge is 0.507 e. The number of benzene rings is 1. The van der Waals surface area contributed by atoms with E-state index in [1.807, 2.05) is 0 Å². The maximum Gasteiger partial charge on any atom is 0.453 e. The van der Waals surface area contributed by atoms with Crippen molar-refractivity contribution in [1.82, 2.24) is 5.32 Å². The third-order valence-electron chi connectivity index (χ3n) is 6.52. The van der Waals surface area contributed by atoms with E-state index in [0.717, 1.165) is 5.32 Å². The first-order valence-electron chi connectivity index (χ1n) is 10.2. The number of carbonyl (C=O) groups is 1. The van der Waals surface area contributed by atoms with Crippen LogP contribution in [0.25, 0.3) is 0 Å². The average molecular weight is 609 g/mol. The van der Waals surface area contributed by atoms with Crippen LogP contribution in [0, 0.1) is 0 Å². The lowest BCUT2D eigenvalue weighted by Gasteiger charge is -2.40. The summed E-state index contributed by atoms with van der Waals surface area (Å²) in [4.78, 5) is 11.8. The van der Waals surface area contributed by atoms with E-state index in [1.165, 1.54) is 0 Å². The second-order valence-corrected chi connectivity index (χ2v) is 9.03. The van der Waals surface area contributed by atoms with Gasteiger partial charge in [0.1, 0.15) is 5.75 Å². The van der Waals surface area contributed by atoms with Crippen LogP contribution >= 0.6 is 0 Å². The number of hydrogen-bond acceptors (Lipinski definition) is 23. The number of aliphatic hydroxyl groups is 17. The molecule has 1 atom stereocenters. The quantitative estimate of drug-likeness (QED) is 0.0808. The number of aromatic hydroxyl groups is 3. The highest BCUT2D eigenvalue weighted by molar-refractivity contribution is 5.90. The Morgan fingerprint density at radius 3 is 1.46 bits per heavy atom. The lowest BCUT2D eigenvalue weighted by atomic mass is 9.82. The van der Waals surface area contributed by atoms with Crippen LogP contribution in [-0.2, 0) is 21.7 Å². The van der Waals surface area contributed by atoms with E-state index in [2.05, 4.69) is 9.47 Å². The monoisotopic (exact) mass is 609 g/mol. The van der Waals surface area contributed by atoms with E-state index in [4.69, 9.17) is 15.3 Å². The molecule has 24 nitrogen and oxygen atoms in total. The van der Waals surface area contributed by atoms with Gasteiger partial charge in [-0.2, -0.15) is 0 Å². The maximum atomic E-state index is 11.8. The van der Waals surface area contributed by atoms with Crippen molar-refractivity contribution in [2.75, 3.05) is 0 Å². The summed E-state index contributed by atoms with van der Waals surface area (Å²) in [5.74, 6) is -44.0. The van der Waals surface area contributed by atoms with Crippen molar-refractivity contribution in [1.29, 1.82) is 0 Å². The summed E-state index contributed by atoms with van der Waals surface area (Å²) in [6.45, 7) is -2.18. The summed E-state index contributed by atoms with van der Waals surface area (Å²) < 4.78 is 8.32. The topological polar surface area (TPSA) is 452 Å². The molecule has 0 bridgehead atoms. The Balaban J connectivity index is 2.34. The van der Waals surface area contributed by atoms with Crippen LogP contribution in [0.1, 0.15) is 11.1 Å². The third-order valence-corrected chi connectivity index (χ3v) is 6.52. The average Bonchev–Trinajstić information content (AvgIpc) is 2.93. The van der Waals surface area contributed by atoms with Gasteiger partial charge in [0, 0.05) is 0 Å². The highest BCUT2D eigenvalue weighted by atomic mass is 16.9. The predicted octanol–water partition coefficient (Wildman–Crippen LogP) is -11.7. The number of rotatable bonds is 6. The van der Waals surface area contributed by atoms with Crippen LogP contribution in [0.5, 0.6) is 23.0 Å². The molecular formula is C17H23NO23. The van der Waals surface area contributed by atoms with Gasteiger partial charge in [-0.25, -0.2) is 0 Å². The summed E-state index contributed by atoms with van der Waals surface area (Å²) in [7, 11) is 0. The van der Waals surface area contributed by atoms with Crippen LogP contribution < -0.4 is 10.1 Å². The zero-order chi connectivity index (χ0) is 32.4. The van der Waals surface area contributed by atoms with Crippen LogP contribution in [0.15, 0.2) is 0 Å². The zero-order valence-corrected chi connectivity index (χ0v) is 19.4. The van der Waals surface area contributed by atoms with Crippen molar-refractivity contribution < 1.29 is 116 Å². The Labute approximate surface area is 221 Å². The minimum atomic E-state index is -4.99. The molecule has 1 aliphatic carbocycles. The molecular weight excluding hydrogens is 586 g/mol. The maximum absolute atomic E-state index is 11.8. The Morgan fingerprint density at radius 2 is 1.10 bits per heavy atom. The van der Waals surface area contributed by atoms with Gasteiger partial charge in [0.05, 0.1) is 17.7 Å². The summed E-state index contributed by atoms with van der Waals surface area (Å²) in [6.07, 6.45) is -4.43. The first-order valence-corrected chi connectivity index (χ1v) is 10.2. The summed E-state index contributed by atoms with van der Waals surface area (Å²) >= 11 is 0. The van der Waals surface area contributed by atoms with Crippen molar-refractivity contribution in [2.24, 2.45) is 0 Å². The first kappa shape index (κ1) is 32.7. The number of ether oxygens (including phenoxy) is 2. The van der Waals surface area contributed by atoms with E-state index in [-0.39, 0.29) is 0 Å². The predicted molar refractivity (Wildman–Crippen MR) is 106 cm³/mol. The van der Waals surface area contributed by atoms with Crippen LogP contribution in [0.2, 0.25) is 0 Å². The number of nitrogens with one attached hydrogen (secondary N) is 1. The number of hydrogen-bond donors (Lipinski definition) is 21. The van der Waals surface area contributed by atoms with Crippen LogP contribution in [0.4, 0.5) is 0 Å². The molecule has 3 rings (SSSR count). The highest BCUT2D eigenvalue weighted by Crippen LogP contribution is 2.59. The van der Waals surface area contributed by atoms with E-state index in [0.29, 0.717) is 0 Å². The second-order valence-electron chi connectivity index (χ2n) is 9.03. The molecule has 1 aromatic carbocycles. The standard InChI is InChI=1S/C17H23NO23/c19-4-2(1-40-15(34)13(30,31)11(26,27)12(28,29)14(15,32)33)7(41-17(37,38)39)6(21)5(20)3(4)9(23)10(24,25)8(22)18-16(9,35)36/h19-21,23-39H,1H2,(H,18,22). The molecule has 1 aliphatic heterocycles. The van der Waals surface area contributed by atoms with Gasteiger partial charge in [-0.1, -0.05) is 0 Å². The number of amides is 1. The normalized spacial score (nSPS) is 28.4. The smallest absolute Gasteiger partial charge is 0.453 e. The second kappa shape index (κ2) is 8.38. The highest BCUT2D eigenvalue weighted by Gasteiger charge is 2.92. The molecule has 0 spiro atoms. The summed E-state index contributed by atoms with van der Waals surface area (Å²) in [5, 5.41) is 200. The van der Waals surface area contributed by atoms with Gasteiger partial charge in [0.2, 0.25) is 11.4 Å². The van der Waals surface area contributed by atoms with Crippen molar-refractivity contribution in [3.05, 3.63) is 11.1 Å². The minimum absolute atomic E-state index is 0.994. The van der Waals surface area contributed by atoms with Crippen LogP contribution in [-0.4, -0.2) is 155 Å². The van der Waals surface area contributed by atoms with E-state index >= 15 is 0 Å². The molecule has 2 fully saturated rings. The zero-order valence-electron chi connectivity index (χ0n) is 19.4. The van der Waals surface area contributed by atoms with Crippen LogP contribution in [0.3, 0.4) is 0 Å². The first-order chi connectivity index (χ1) is 17.9. The molecule has 0 aromatic heterocycles. The molecule has 1 amide bonds. The summed E-state index contributed by atoms with van der Waals surface area (Å²) in [6, 6.07) is 0. The molecule has 1 aromatic rings. The third kappa shape index (κ3) is 3.65. The molecule has 1 saturated carbocycles. The van der Waals surface area contributed by atoms with Gasteiger partial charge in [-0.15, -0.1) is 0 Å². The van der Waals surface area contributed by atoms with Gasteiger partial charge in [0.15, 0.2) is 11.5 Å². The fraction of sp³-hybridized carbons (Fsp3) is 0.588. The number of phenolic OH excluding ortho intramolecular Hbond substituents is 3. The lowest BCUT2D eigenvalue weighted by Crippen LogP contribution is -2.68. The minimum Gasteiger partial charge on any atom is -0.507 e. The van der Waals surface area contributed by atoms with E-state index in [9.17, 15) is 91.6 Å². The molecule has 0 radical (unpaired) electrons. The Hall–Kier alpha value is -2.83. The van der Waals surface area contributed by atoms with Crippen molar-refractivity contribution in [2.45, 2.75) is 59.0 Å². The molecule has 2 aliphatic rings. The lowest BCUT2D eigenvalue weighted by molar-refractivity contribution is -0.466. The Kier molecular flexibility index (Phi) is 6.68. The molecule has 1 heterocycles. The fourth-order valence-electron chi connectivity index (χ4n) is 4.13. The Morgan fingerprint density at radius 1 is 0.659 bits per heavy atom. The SMILES string of the molecule is O=C1NC(O)(O)C(O)(c2c(O)c(O)c(OC(O)(O)O)c(COC3(O)C(O)(O)C(O)(O)C(O)(O)C3(O)O)c2O)C1(O)O. The van der Waals surface area contributed by atoms with E-state index < -0.39 is 99.0 Å². The molecule has 41 heavy (non-hydrogen) atoms. The fourth-order valence-corrected chi connectivity index (χ4v) is 4.13. The number of carbonyl (C=O) groups excluding carboxylic acids is 1. The van der Waals surface area contributed by atoms with Gasteiger partial charge in [-0.05, 0) is 0 Å². The molecule has 234 valence electrons. The van der Waals surface area contributed by atoms with Crippen molar-refractivity contribution >= 4 is 5.91 Å². The molecule has 1 unspecified atom stereocenters. The van der Waals surface area contributed by atoms with E-state index in [1.54, 1.807) is 0 Å². The van der Waals surface area contributed by atoms with Crippen molar-refractivity contribution in [3.8, 4) is 23.0 Å². The molecule has 1 saturated heterocycles. The number of phenols is 3. The van der Waals surface area contributed by atoms with Gasteiger partial charge in [0.25, 0.3) is 46.5 Å². The van der Waals surface area contributed by atoms with Gasteiger partial charge >= 0.3 is 6.16 Å². The Bertz CT molecular complexity index is 1250. The molecule has 24 heteroatoms. The summed E-state index contributed by atoms with van der Waals surface area (Å²) in [5.41, 5.74) is -8.39.